The van der Waals surface area contributed by atoms with E-state index in [0.717, 1.165) is 79.0 Å². The summed E-state index contributed by atoms with van der Waals surface area (Å²) in [5.41, 5.74) is 8.54. The van der Waals surface area contributed by atoms with Gasteiger partial charge in [-0.2, -0.15) is 15.1 Å². The summed E-state index contributed by atoms with van der Waals surface area (Å²) in [5.74, 6) is -0.0461. The largest absolute Gasteiger partial charge is 0.463 e. The Bertz CT molecular complexity index is 2300. The molecule has 4 N–H and O–H groups in total. The summed E-state index contributed by atoms with van der Waals surface area (Å²) in [6.07, 6.45) is 8.78. The number of hydrogen-bond donors (Lipinski definition) is 4. The molecule has 16 heteroatoms. The number of ether oxygens (including phenoxy) is 2. The van der Waals surface area contributed by atoms with Gasteiger partial charge in [0.05, 0.1) is 37.3 Å². The molecule has 2 fully saturated rings. The molecular weight excluding hydrogens is 803 g/mol. The lowest BCUT2D eigenvalue weighted by molar-refractivity contribution is -0.137. The van der Waals surface area contributed by atoms with E-state index in [-0.39, 0.29) is 49.0 Å². The zero-order valence-electron chi connectivity index (χ0n) is 35.7. The van der Waals surface area contributed by atoms with Gasteiger partial charge in [0.2, 0.25) is 23.6 Å². The average Bonchev–Trinajstić information content (AvgIpc) is 3.61. The Hall–Kier alpha value is -6.68. The van der Waals surface area contributed by atoms with E-state index in [0.29, 0.717) is 62.6 Å². The lowest BCUT2D eigenvalue weighted by Crippen LogP contribution is -2.52. The number of aryl methyl sites for hydroxylation is 1. The van der Waals surface area contributed by atoms with Crippen LogP contribution in [0.15, 0.2) is 77.9 Å². The molecule has 4 aromatic rings. The number of benzene rings is 3. The Kier molecular flexibility index (Phi) is 15.4. The van der Waals surface area contributed by atoms with Gasteiger partial charge in [-0.25, -0.2) is 0 Å². The van der Waals surface area contributed by atoms with Crippen molar-refractivity contribution in [1.29, 1.82) is 0 Å². The van der Waals surface area contributed by atoms with Crippen molar-refractivity contribution in [2.24, 2.45) is 5.10 Å². The predicted molar refractivity (Wildman–Crippen MR) is 240 cm³/mol. The summed E-state index contributed by atoms with van der Waals surface area (Å²) in [6.45, 7) is 5.35. The van der Waals surface area contributed by atoms with Gasteiger partial charge in [0.15, 0.2) is 5.82 Å². The van der Waals surface area contributed by atoms with Crippen LogP contribution in [0.3, 0.4) is 0 Å². The fourth-order valence-corrected chi connectivity index (χ4v) is 7.86. The molecule has 1 atom stereocenters. The van der Waals surface area contributed by atoms with Crippen LogP contribution in [-0.4, -0.2) is 89.6 Å². The highest BCUT2D eigenvalue weighted by Crippen LogP contribution is 2.32. The van der Waals surface area contributed by atoms with Crippen molar-refractivity contribution >= 4 is 58.8 Å². The Balaban J connectivity index is 0.767. The van der Waals surface area contributed by atoms with Crippen molar-refractivity contribution in [2.45, 2.75) is 90.1 Å². The number of unbranched alkanes of at least 4 members (excludes halogenated alkanes) is 5. The Morgan fingerprint density at radius 3 is 2.37 bits per heavy atom. The number of piperidine rings is 1. The molecule has 0 bridgehead atoms. The van der Waals surface area contributed by atoms with E-state index in [1.54, 1.807) is 18.3 Å². The van der Waals surface area contributed by atoms with Gasteiger partial charge in [-0.3, -0.25) is 34.7 Å². The molecule has 4 heterocycles. The molecule has 330 valence electrons. The number of carbonyl (C=O) groups is 5. The number of morpholine rings is 1. The average molecular weight is 858 g/mol. The molecule has 1 unspecified atom stereocenters. The number of fused-ring (bicyclic) bond motifs is 1. The Labute approximate surface area is 367 Å². The van der Waals surface area contributed by atoms with Gasteiger partial charge in [-0.05, 0) is 61.1 Å². The van der Waals surface area contributed by atoms with Crippen LogP contribution in [-0.2, 0) is 36.9 Å². The lowest BCUT2D eigenvalue weighted by atomic mass is 10.0. The normalized spacial score (nSPS) is 16.2. The molecule has 2 saturated heterocycles. The predicted octanol–water partition coefficient (Wildman–Crippen LogP) is 6.15. The van der Waals surface area contributed by atoms with Gasteiger partial charge in [0.1, 0.15) is 11.9 Å². The van der Waals surface area contributed by atoms with E-state index in [2.05, 4.69) is 41.3 Å². The Morgan fingerprint density at radius 2 is 1.62 bits per heavy atom. The number of amides is 5. The number of hydrazone groups is 1. The molecule has 0 saturated carbocycles. The molecule has 7 rings (SSSR count). The highest BCUT2D eigenvalue weighted by molar-refractivity contribution is 6.09. The third kappa shape index (κ3) is 12.7. The van der Waals surface area contributed by atoms with Crippen molar-refractivity contribution in [3.05, 3.63) is 101 Å². The van der Waals surface area contributed by atoms with E-state index in [9.17, 15) is 24.0 Å². The first-order valence-corrected chi connectivity index (χ1v) is 21.8. The van der Waals surface area contributed by atoms with Crippen molar-refractivity contribution in [1.82, 2.24) is 20.2 Å². The molecule has 3 aliphatic rings. The molecule has 3 aliphatic heterocycles. The summed E-state index contributed by atoms with van der Waals surface area (Å²) in [5, 5.41) is 12.6. The number of hydrogen-bond acceptors (Lipinski definition) is 12. The minimum Gasteiger partial charge on any atom is -0.463 e. The quantitative estimate of drug-likeness (QED) is 0.0345. The first kappa shape index (κ1) is 44.4. The van der Waals surface area contributed by atoms with E-state index in [1.165, 1.54) is 4.90 Å². The van der Waals surface area contributed by atoms with E-state index in [1.807, 2.05) is 67.6 Å². The number of anilines is 4. The standard InChI is InChI=1S/C47H55N9O7/c1-32-10-8-11-34(28-32)30-48-54-39-29-40(55-23-26-62-27-24-55)52-47(51-39)63-25-22-33-16-18-36(19-17-33)49-41(57)14-6-4-2-3-5-7-15-42(58)50-37-13-9-12-35-31-56(46(61)44(35)37)38-20-21-43(59)53-45(38)60/h8-13,16-19,28-30,38H,2-7,14-15,20-27,31H2,1H3,(H,49,57)(H,50,58)(H,51,52,54)(H,53,59,60)/b48-30+. The monoisotopic (exact) mass is 857 g/mol. The number of carbonyl (C=O) groups excluding carboxylic acids is 5. The zero-order chi connectivity index (χ0) is 44.0. The second kappa shape index (κ2) is 21.9. The minimum atomic E-state index is -0.708. The fraction of sp³-hybridized carbons (Fsp3) is 0.404. The molecular formula is C47H55N9O7. The highest BCUT2D eigenvalue weighted by atomic mass is 16.5. The Morgan fingerprint density at radius 1 is 0.889 bits per heavy atom. The van der Waals surface area contributed by atoms with Crippen LogP contribution in [0.5, 0.6) is 6.01 Å². The number of aromatic nitrogens is 2. The summed E-state index contributed by atoms with van der Waals surface area (Å²) in [4.78, 5) is 75.6. The molecule has 1 aromatic heterocycles. The number of rotatable bonds is 20. The third-order valence-electron chi connectivity index (χ3n) is 11.2. The summed E-state index contributed by atoms with van der Waals surface area (Å²) in [6, 6.07) is 22.5. The van der Waals surface area contributed by atoms with Crippen LogP contribution in [0, 0.1) is 6.92 Å². The van der Waals surface area contributed by atoms with E-state index >= 15 is 0 Å². The van der Waals surface area contributed by atoms with Crippen molar-refractivity contribution in [2.75, 3.05) is 53.9 Å². The van der Waals surface area contributed by atoms with Gasteiger partial charge >= 0.3 is 6.01 Å². The third-order valence-corrected chi connectivity index (χ3v) is 11.2. The first-order chi connectivity index (χ1) is 30.7. The number of imide groups is 1. The van der Waals surface area contributed by atoms with Crippen molar-refractivity contribution in [3.8, 4) is 6.01 Å². The summed E-state index contributed by atoms with van der Waals surface area (Å²) in [7, 11) is 0. The van der Waals surface area contributed by atoms with E-state index in [4.69, 9.17) is 9.47 Å². The molecule has 3 aromatic carbocycles. The van der Waals surface area contributed by atoms with Crippen LogP contribution < -0.4 is 31.0 Å². The SMILES string of the molecule is Cc1cccc(/C=N/Nc2cc(N3CCOCC3)nc(OCCc3ccc(NC(=O)CCCCCCCCC(=O)Nc4cccc5c4C(=O)N(C4CCC(=O)NC4=O)C5)cc3)n2)c1. The van der Waals surface area contributed by atoms with E-state index < -0.39 is 11.9 Å². The number of nitrogens with one attached hydrogen (secondary N) is 4. The van der Waals surface area contributed by atoms with Crippen LogP contribution in [0.1, 0.15) is 96.8 Å². The maximum Gasteiger partial charge on any atom is 0.320 e. The zero-order valence-corrected chi connectivity index (χ0v) is 35.7. The topological polar surface area (TPSA) is 197 Å². The van der Waals surface area contributed by atoms with Crippen LogP contribution in [0.2, 0.25) is 0 Å². The fourth-order valence-electron chi connectivity index (χ4n) is 7.86. The summed E-state index contributed by atoms with van der Waals surface area (Å²) < 4.78 is 11.6. The molecule has 0 aliphatic carbocycles. The van der Waals surface area contributed by atoms with Gasteiger partial charge in [0.25, 0.3) is 5.91 Å². The second-order valence-electron chi connectivity index (χ2n) is 16.0. The maximum atomic E-state index is 13.3. The van der Waals surface area contributed by atoms with Gasteiger partial charge in [-0.1, -0.05) is 79.8 Å². The molecule has 0 spiro atoms. The van der Waals surface area contributed by atoms with Gasteiger partial charge in [0, 0.05) is 57.1 Å². The first-order valence-electron chi connectivity index (χ1n) is 21.8. The van der Waals surface area contributed by atoms with Crippen molar-refractivity contribution < 1.29 is 33.4 Å². The van der Waals surface area contributed by atoms with Gasteiger partial charge < -0.3 is 29.9 Å². The maximum absolute atomic E-state index is 13.3. The highest BCUT2D eigenvalue weighted by Gasteiger charge is 2.40. The molecule has 63 heavy (non-hydrogen) atoms. The minimum absolute atomic E-state index is 0.0289. The lowest BCUT2D eigenvalue weighted by Gasteiger charge is -2.29. The van der Waals surface area contributed by atoms with Crippen LogP contribution in [0.25, 0.3) is 0 Å². The smallest absolute Gasteiger partial charge is 0.320 e. The second-order valence-corrected chi connectivity index (χ2v) is 16.0. The van der Waals surface area contributed by atoms with Crippen molar-refractivity contribution in [3.63, 3.8) is 0 Å². The molecule has 0 radical (unpaired) electrons. The van der Waals surface area contributed by atoms with Gasteiger partial charge in [-0.15, -0.1) is 0 Å². The van der Waals surface area contributed by atoms with Crippen LogP contribution >= 0.6 is 0 Å². The molecule has 5 amide bonds. The van der Waals surface area contributed by atoms with Crippen LogP contribution in [0.4, 0.5) is 23.0 Å². The summed E-state index contributed by atoms with van der Waals surface area (Å²) >= 11 is 0. The number of nitrogens with zero attached hydrogens (tertiary/aromatic N) is 5. The molecule has 16 nitrogen and oxygen atoms in total.